The van der Waals surface area contributed by atoms with Crippen molar-refractivity contribution in [2.75, 3.05) is 0 Å². The van der Waals surface area contributed by atoms with Crippen molar-refractivity contribution in [1.29, 1.82) is 0 Å². The van der Waals surface area contributed by atoms with Gasteiger partial charge in [-0.25, -0.2) is 9.78 Å². The van der Waals surface area contributed by atoms with Gasteiger partial charge in [0.15, 0.2) is 0 Å². The highest BCUT2D eigenvalue weighted by Gasteiger charge is 2.03. The molecule has 0 aliphatic carbocycles. The van der Waals surface area contributed by atoms with Crippen LogP contribution in [0.1, 0.15) is 26.6 Å². The van der Waals surface area contributed by atoms with E-state index < -0.39 is 5.97 Å². The van der Waals surface area contributed by atoms with E-state index in [2.05, 4.69) is 10.3 Å². The van der Waals surface area contributed by atoms with Crippen LogP contribution in [0.2, 0.25) is 0 Å². The number of carboxylic acid groups (broad SMARTS) is 1. The van der Waals surface area contributed by atoms with Crippen molar-refractivity contribution in [1.82, 2.24) is 10.3 Å². The van der Waals surface area contributed by atoms with Crippen LogP contribution >= 0.6 is 11.3 Å². The molecule has 0 bridgehead atoms. The molecule has 1 aromatic carbocycles. The van der Waals surface area contributed by atoms with E-state index in [4.69, 9.17) is 5.11 Å². The summed E-state index contributed by atoms with van der Waals surface area (Å²) < 4.78 is 0. The lowest BCUT2D eigenvalue weighted by Crippen LogP contribution is -2.13. The van der Waals surface area contributed by atoms with Crippen molar-refractivity contribution in [3.63, 3.8) is 0 Å². The Morgan fingerprint density at radius 1 is 1.44 bits per heavy atom. The SMILES string of the molecule is Cc1csc(CNCc2cccc(C(=O)O)c2)n1. The van der Waals surface area contributed by atoms with Crippen molar-refractivity contribution in [2.24, 2.45) is 0 Å². The number of rotatable bonds is 5. The Balaban J connectivity index is 1.90. The van der Waals surface area contributed by atoms with E-state index in [0.717, 1.165) is 16.3 Å². The Labute approximate surface area is 109 Å². The van der Waals surface area contributed by atoms with Gasteiger partial charge in [-0.1, -0.05) is 12.1 Å². The Bertz CT molecular complexity index is 551. The molecular weight excluding hydrogens is 248 g/mol. The zero-order valence-electron chi connectivity index (χ0n) is 10.0. The monoisotopic (exact) mass is 262 g/mol. The van der Waals surface area contributed by atoms with E-state index in [9.17, 15) is 4.79 Å². The fraction of sp³-hybridized carbons (Fsp3) is 0.231. The number of hydrogen-bond donors (Lipinski definition) is 2. The molecule has 2 N–H and O–H groups in total. The van der Waals surface area contributed by atoms with Gasteiger partial charge in [0.2, 0.25) is 0 Å². The van der Waals surface area contributed by atoms with E-state index in [-0.39, 0.29) is 0 Å². The summed E-state index contributed by atoms with van der Waals surface area (Å²) in [5.41, 5.74) is 2.31. The summed E-state index contributed by atoms with van der Waals surface area (Å²) in [5, 5.41) is 15.2. The summed E-state index contributed by atoms with van der Waals surface area (Å²) in [4.78, 5) is 15.2. The Morgan fingerprint density at radius 2 is 2.28 bits per heavy atom. The molecule has 0 spiro atoms. The standard InChI is InChI=1S/C13H14N2O2S/c1-9-8-18-12(15-9)7-14-6-10-3-2-4-11(5-10)13(16)17/h2-5,8,14H,6-7H2,1H3,(H,16,17). The lowest BCUT2D eigenvalue weighted by atomic mass is 10.1. The van der Waals surface area contributed by atoms with Crippen LogP contribution < -0.4 is 5.32 Å². The van der Waals surface area contributed by atoms with E-state index in [1.165, 1.54) is 0 Å². The van der Waals surface area contributed by atoms with Gasteiger partial charge in [0.05, 0.1) is 5.56 Å². The van der Waals surface area contributed by atoms with Crippen molar-refractivity contribution in [3.8, 4) is 0 Å². The van der Waals surface area contributed by atoms with Crippen LogP contribution in [0.5, 0.6) is 0 Å². The molecule has 5 heteroatoms. The molecule has 0 saturated heterocycles. The number of nitrogens with zero attached hydrogens (tertiary/aromatic N) is 1. The number of benzene rings is 1. The summed E-state index contributed by atoms with van der Waals surface area (Å²) >= 11 is 1.63. The summed E-state index contributed by atoms with van der Waals surface area (Å²) in [7, 11) is 0. The van der Waals surface area contributed by atoms with Crippen LogP contribution in [0.4, 0.5) is 0 Å². The van der Waals surface area contributed by atoms with E-state index in [0.29, 0.717) is 18.7 Å². The summed E-state index contributed by atoms with van der Waals surface area (Å²) in [6.07, 6.45) is 0. The maximum absolute atomic E-state index is 10.8. The van der Waals surface area contributed by atoms with Gasteiger partial charge in [0.1, 0.15) is 5.01 Å². The number of aromatic carboxylic acids is 1. The number of hydrogen-bond acceptors (Lipinski definition) is 4. The fourth-order valence-corrected chi connectivity index (χ4v) is 2.35. The predicted octanol–water partition coefficient (Wildman–Crippen LogP) is 2.44. The molecule has 18 heavy (non-hydrogen) atoms. The van der Waals surface area contributed by atoms with Crippen molar-refractivity contribution in [3.05, 3.63) is 51.5 Å². The minimum Gasteiger partial charge on any atom is -0.478 e. The Morgan fingerprint density at radius 3 is 2.94 bits per heavy atom. The lowest BCUT2D eigenvalue weighted by Gasteiger charge is -2.04. The van der Waals surface area contributed by atoms with Gasteiger partial charge in [0, 0.05) is 24.2 Å². The van der Waals surface area contributed by atoms with Gasteiger partial charge in [0.25, 0.3) is 0 Å². The molecule has 0 saturated carbocycles. The van der Waals surface area contributed by atoms with Crippen LogP contribution in [0.15, 0.2) is 29.6 Å². The number of nitrogens with one attached hydrogen (secondary N) is 1. The smallest absolute Gasteiger partial charge is 0.335 e. The summed E-state index contributed by atoms with van der Waals surface area (Å²) in [6, 6.07) is 6.94. The van der Waals surface area contributed by atoms with Crippen molar-refractivity contribution >= 4 is 17.3 Å². The highest BCUT2D eigenvalue weighted by atomic mass is 32.1. The minimum atomic E-state index is -0.896. The Hall–Kier alpha value is -1.72. The first kappa shape index (κ1) is 12.7. The second kappa shape index (κ2) is 5.75. The minimum absolute atomic E-state index is 0.319. The first-order valence-corrected chi connectivity index (χ1v) is 6.47. The molecule has 0 radical (unpaired) electrons. The summed E-state index contributed by atoms with van der Waals surface area (Å²) in [5.74, 6) is -0.896. The van der Waals surface area contributed by atoms with E-state index in [1.807, 2.05) is 18.4 Å². The Kier molecular flexibility index (Phi) is 4.07. The third-order valence-electron chi connectivity index (χ3n) is 2.45. The van der Waals surface area contributed by atoms with E-state index >= 15 is 0 Å². The largest absolute Gasteiger partial charge is 0.478 e. The zero-order chi connectivity index (χ0) is 13.0. The number of aromatic nitrogens is 1. The third kappa shape index (κ3) is 3.38. The number of carboxylic acids is 1. The van der Waals surface area contributed by atoms with Gasteiger partial charge in [-0.05, 0) is 24.6 Å². The highest BCUT2D eigenvalue weighted by molar-refractivity contribution is 7.09. The molecule has 0 amide bonds. The molecule has 0 aliphatic heterocycles. The maximum Gasteiger partial charge on any atom is 0.335 e. The van der Waals surface area contributed by atoms with E-state index in [1.54, 1.807) is 29.5 Å². The first-order chi connectivity index (χ1) is 8.65. The fourth-order valence-electron chi connectivity index (χ4n) is 1.61. The molecule has 4 nitrogen and oxygen atoms in total. The number of thiazole rings is 1. The molecule has 0 unspecified atom stereocenters. The van der Waals surface area contributed by atoms with Crippen LogP contribution in [-0.4, -0.2) is 16.1 Å². The van der Waals surface area contributed by atoms with Crippen molar-refractivity contribution < 1.29 is 9.90 Å². The van der Waals surface area contributed by atoms with Crippen LogP contribution in [0, 0.1) is 6.92 Å². The second-order valence-corrected chi connectivity index (χ2v) is 4.93. The average molecular weight is 262 g/mol. The van der Waals surface area contributed by atoms with Gasteiger partial charge in [-0.15, -0.1) is 11.3 Å². The first-order valence-electron chi connectivity index (χ1n) is 5.59. The molecule has 0 atom stereocenters. The molecule has 2 rings (SSSR count). The van der Waals surface area contributed by atoms with Crippen molar-refractivity contribution in [2.45, 2.75) is 20.0 Å². The van der Waals surface area contributed by atoms with Gasteiger partial charge >= 0.3 is 5.97 Å². The molecule has 2 aromatic rings. The third-order valence-corrected chi connectivity index (χ3v) is 3.41. The van der Waals surface area contributed by atoms with Crippen LogP contribution in [-0.2, 0) is 13.1 Å². The molecule has 94 valence electrons. The molecule has 0 fully saturated rings. The number of aryl methyl sites for hydroxylation is 1. The molecule has 0 aliphatic rings. The second-order valence-electron chi connectivity index (χ2n) is 3.99. The highest BCUT2D eigenvalue weighted by Crippen LogP contribution is 2.09. The molecule has 1 heterocycles. The van der Waals surface area contributed by atoms with Gasteiger partial charge in [-0.3, -0.25) is 0 Å². The van der Waals surface area contributed by atoms with Crippen LogP contribution in [0.3, 0.4) is 0 Å². The zero-order valence-corrected chi connectivity index (χ0v) is 10.8. The molecular formula is C13H14N2O2S. The van der Waals surface area contributed by atoms with Gasteiger partial charge in [-0.2, -0.15) is 0 Å². The predicted molar refractivity (Wildman–Crippen MR) is 70.8 cm³/mol. The van der Waals surface area contributed by atoms with Crippen LogP contribution in [0.25, 0.3) is 0 Å². The lowest BCUT2D eigenvalue weighted by molar-refractivity contribution is 0.0696. The topological polar surface area (TPSA) is 62.2 Å². The maximum atomic E-state index is 10.8. The van der Waals surface area contributed by atoms with Gasteiger partial charge < -0.3 is 10.4 Å². The quantitative estimate of drug-likeness (QED) is 0.868. The normalized spacial score (nSPS) is 10.5. The summed E-state index contributed by atoms with van der Waals surface area (Å²) in [6.45, 7) is 3.31. The molecule has 1 aromatic heterocycles. The average Bonchev–Trinajstić information content (AvgIpc) is 2.75. The number of carbonyl (C=O) groups is 1.